The summed E-state index contributed by atoms with van der Waals surface area (Å²) in [6.07, 6.45) is 1.51. The van der Waals surface area contributed by atoms with Crippen molar-refractivity contribution in [3.8, 4) is 11.5 Å². The van der Waals surface area contributed by atoms with E-state index in [1.807, 2.05) is 0 Å². The molecule has 3 aromatic rings. The standard InChI is InChI=1S/C19H17N3O5/c1-2-20-19(25)22-17(23)11-27-18(24)13-10-15(16-8-5-9-26-16)21-14-7-4-3-6-12(13)14/h3-10H,2,11H2,1H3,(H2,20,22,23,25). The Morgan fingerprint density at radius 3 is 2.70 bits per heavy atom. The van der Waals surface area contributed by atoms with Gasteiger partial charge in [0.2, 0.25) is 0 Å². The van der Waals surface area contributed by atoms with Gasteiger partial charge in [-0.1, -0.05) is 18.2 Å². The summed E-state index contributed by atoms with van der Waals surface area (Å²) in [4.78, 5) is 40.0. The number of furan rings is 1. The Kier molecular flexibility index (Phi) is 5.46. The molecule has 0 aliphatic carbocycles. The number of para-hydroxylation sites is 1. The largest absolute Gasteiger partial charge is 0.463 e. The first-order chi connectivity index (χ1) is 13.1. The lowest BCUT2D eigenvalue weighted by molar-refractivity contribution is -0.123. The summed E-state index contributed by atoms with van der Waals surface area (Å²) in [7, 11) is 0. The topological polar surface area (TPSA) is 111 Å². The molecule has 1 aromatic carbocycles. The Morgan fingerprint density at radius 1 is 1.15 bits per heavy atom. The molecule has 2 N–H and O–H groups in total. The van der Waals surface area contributed by atoms with Crippen LogP contribution in [0.4, 0.5) is 4.79 Å². The van der Waals surface area contributed by atoms with E-state index < -0.39 is 24.5 Å². The lowest BCUT2D eigenvalue weighted by atomic mass is 10.1. The average molecular weight is 367 g/mol. The van der Waals surface area contributed by atoms with E-state index in [9.17, 15) is 14.4 Å². The zero-order chi connectivity index (χ0) is 19.2. The van der Waals surface area contributed by atoms with Crippen molar-refractivity contribution in [2.75, 3.05) is 13.2 Å². The maximum Gasteiger partial charge on any atom is 0.339 e. The van der Waals surface area contributed by atoms with Gasteiger partial charge in [0.15, 0.2) is 12.4 Å². The van der Waals surface area contributed by atoms with Crippen molar-refractivity contribution in [2.24, 2.45) is 0 Å². The molecule has 3 rings (SSSR count). The number of carbonyl (C=O) groups excluding carboxylic acids is 3. The number of ether oxygens (including phenoxy) is 1. The second-order valence-electron chi connectivity index (χ2n) is 5.53. The van der Waals surface area contributed by atoms with E-state index in [0.717, 1.165) is 0 Å². The number of nitrogens with zero attached hydrogens (tertiary/aromatic N) is 1. The molecule has 138 valence electrons. The van der Waals surface area contributed by atoms with E-state index in [1.54, 1.807) is 49.4 Å². The quantitative estimate of drug-likeness (QED) is 0.671. The molecular weight excluding hydrogens is 350 g/mol. The molecule has 0 radical (unpaired) electrons. The van der Waals surface area contributed by atoms with Gasteiger partial charge in [-0.3, -0.25) is 10.1 Å². The molecule has 0 aliphatic rings. The van der Waals surface area contributed by atoms with Crippen LogP contribution in [0, 0.1) is 0 Å². The van der Waals surface area contributed by atoms with Gasteiger partial charge in [-0.15, -0.1) is 0 Å². The van der Waals surface area contributed by atoms with Crippen LogP contribution in [0.1, 0.15) is 17.3 Å². The van der Waals surface area contributed by atoms with Crippen molar-refractivity contribution in [1.82, 2.24) is 15.6 Å². The Labute approximate surface area is 154 Å². The molecule has 0 atom stereocenters. The SMILES string of the molecule is CCNC(=O)NC(=O)COC(=O)c1cc(-c2ccco2)nc2ccccc12. The smallest absolute Gasteiger partial charge is 0.339 e. The molecule has 27 heavy (non-hydrogen) atoms. The summed E-state index contributed by atoms with van der Waals surface area (Å²) in [6, 6.07) is 11.4. The van der Waals surface area contributed by atoms with Crippen molar-refractivity contribution >= 4 is 28.8 Å². The fraction of sp³-hybridized carbons (Fsp3) is 0.158. The molecule has 0 unspecified atom stereocenters. The number of imide groups is 1. The first-order valence-electron chi connectivity index (χ1n) is 8.27. The van der Waals surface area contributed by atoms with Crippen LogP contribution in [0.2, 0.25) is 0 Å². The van der Waals surface area contributed by atoms with Crippen LogP contribution in [-0.2, 0) is 9.53 Å². The van der Waals surface area contributed by atoms with Crippen LogP contribution in [0.5, 0.6) is 0 Å². The number of esters is 1. The van der Waals surface area contributed by atoms with Crippen LogP contribution >= 0.6 is 0 Å². The molecule has 0 aliphatic heterocycles. The first-order valence-corrected chi connectivity index (χ1v) is 8.27. The van der Waals surface area contributed by atoms with E-state index >= 15 is 0 Å². The zero-order valence-corrected chi connectivity index (χ0v) is 14.5. The molecule has 8 heteroatoms. The summed E-state index contributed by atoms with van der Waals surface area (Å²) >= 11 is 0. The third-order valence-electron chi connectivity index (χ3n) is 3.63. The Balaban J connectivity index is 1.81. The number of nitrogens with one attached hydrogen (secondary N) is 2. The second-order valence-corrected chi connectivity index (χ2v) is 5.53. The molecule has 3 amide bonds. The lowest BCUT2D eigenvalue weighted by Crippen LogP contribution is -2.41. The normalized spacial score (nSPS) is 10.4. The number of hydrogen-bond donors (Lipinski definition) is 2. The van der Waals surface area contributed by atoms with E-state index in [0.29, 0.717) is 28.9 Å². The third-order valence-corrected chi connectivity index (χ3v) is 3.63. The molecule has 2 heterocycles. The van der Waals surface area contributed by atoms with E-state index in [4.69, 9.17) is 9.15 Å². The number of aromatic nitrogens is 1. The molecule has 0 saturated carbocycles. The number of pyridine rings is 1. The van der Waals surface area contributed by atoms with Crippen LogP contribution in [-0.4, -0.2) is 36.0 Å². The molecule has 0 bridgehead atoms. The Morgan fingerprint density at radius 2 is 1.96 bits per heavy atom. The highest BCUT2D eigenvalue weighted by molar-refractivity contribution is 6.05. The summed E-state index contributed by atoms with van der Waals surface area (Å²) in [5.74, 6) is -0.921. The highest BCUT2D eigenvalue weighted by atomic mass is 16.5. The highest BCUT2D eigenvalue weighted by Crippen LogP contribution is 2.25. The minimum atomic E-state index is -0.723. The van der Waals surface area contributed by atoms with Crippen molar-refractivity contribution in [3.05, 3.63) is 54.3 Å². The lowest BCUT2D eigenvalue weighted by Gasteiger charge is -2.09. The Bertz CT molecular complexity index is 982. The van der Waals surface area contributed by atoms with Gasteiger partial charge in [0.1, 0.15) is 5.69 Å². The van der Waals surface area contributed by atoms with E-state index in [2.05, 4.69) is 15.6 Å². The maximum atomic E-state index is 12.5. The molecule has 2 aromatic heterocycles. The minimum absolute atomic E-state index is 0.248. The summed E-state index contributed by atoms with van der Waals surface area (Å²) in [5.41, 5.74) is 1.31. The van der Waals surface area contributed by atoms with Crippen LogP contribution < -0.4 is 10.6 Å². The minimum Gasteiger partial charge on any atom is -0.463 e. The fourth-order valence-corrected chi connectivity index (χ4v) is 2.47. The van der Waals surface area contributed by atoms with Crippen molar-refractivity contribution < 1.29 is 23.5 Å². The highest BCUT2D eigenvalue weighted by Gasteiger charge is 2.17. The fourth-order valence-electron chi connectivity index (χ4n) is 2.47. The number of carbonyl (C=O) groups is 3. The van der Waals surface area contributed by atoms with Gasteiger partial charge in [0.05, 0.1) is 17.3 Å². The van der Waals surface area contributed by atoms with Gasteiger partial charge >= 0.3 is 12.0 Å². The van der Waals surface area contributed by atoms with Crippen molar-refractivity contribution in [1.29, 1.82) is 0 Å². The number of rotatable bonds is 5. The monoisotopic (exact) mass is 367 g/mol. The van der Waals surface area contributed by atoms with Gasteiger partial charge in [-0.25, -0.2) is 14.6 Å². The molecule has 0 saturated heterocycles. The number of hydrogen-bond acceptors (Lipinski definition) is 6. The Hall–Kier alpha value is -3.68. The van der Waals surface area contributed by atoms with E-state index in [1.165, 1.54) is 6.26 Å². The third kappa shape index (κ3) is 4.30. The molecule has 8 nitrogen and oxygen atoms in total. The number of urea groups is 1. The predicted molar refractivity (Wildman–Crippen MR) is 96.9 cm³/mol. The van der Waals surface area contributed by atoms with Gasteiger partial charge in [-0.2, -0.15) is 0 Å². The van der Waals surface area contributed by atoms with Gasteiger partial charge in [0.25, 0.3) is 5.91 Å². The summed E-state index contributed by atoms with van der Waals surface area (Å²) in [5, 5.41) is 5.06. The van der Waals surface area contributed by atoms with Gasteiger partial charge in [0, 0.05) is 11.9 Å². The van der Waals surface area contributed by atoms with E-state index in [-0.39, 0.29) is 5.56 Å². The second kappa shape index (κ2) is 8.13. The van der Waals surface area contributed by atoms with Gasteiger partial charge in [-0.05, 0) is 31.2 Å². The zero-order valence-electron chi connectivity index (χ0n) is 14.5. The maximum absolute atomic E-state index is 12.5. The number of amides is 3. The van der Waals surface area contributed by atoms with Crippen LogP contribution in [0.25, 0.3) is 22.4 Å². The first kappa shape index (κ1) is 18.1. The molecular formula is C19H17N3O5. The molecule has 0 fully saturated rings. The van der Waals surface area contributed by atoms with Crippen molar-refractivity contribution in [3.63, 3.8) is 0 Å². The van der Waals surface area contributed by atoms with Crippen LogP contribution in [0.15, 0.2) is 53.1 Å². The number of benzene rings is 1. The average Bonchev–Trinajstić information content (AvgIpc) is 3.20. The number of fused-ring (bicyclic) bond motifs is 1. The molecule has 0 spiro atoms. The summed E-state index contributed by atoms with van der Waals surface area (Å²) < 4.78 is 10.4. The van der Waals surface area contributed by atoms with Crippen LogP contribution in [0.3, 0.4) is 0 Å². The summed E-state index contributed by atoms with van der Waals surface area (Å²) in [6.45, 7) is 1.51. The van der Waals surface area contributed by atoms with Crippen molar-refractivity contribution in [2.45, 2.75) is 6.92 Å². The predicted octanol–water partition coefficient (Wildman–Crippen LogP) is 2.50. The van der Waals surface area contributed by atoms with Gasteiger partial charge < -0.3 is 14.5 Å².